The second-order valence-electron chi connectivity index (χ2n) is 5.66. The first-order chi connectivity index (χ1) is 9.30. The Bertz CT molecular complexity index is 420. The maximum absolute atomic E-state index is 13.2. The standard InChI is InChI=1S/C11H13F9O2/c1-7(2,3)5(21)4-6(22)8(12,13)9(14,15)10(16,17)11(18,19)20/h6,22H,4H2,1-3H3/t6-/m1/s1. The second kappa shape index (κ2) is 5.57. The zero-order valence-electron chi connectivity index (χ0n) is 11.5. The molecule has 0 amide bonds. The number of halogens is 9. The number of aliphatic hydroxyl groups excluding tert-OH is 1. The topological polar surface area (TPSA) is 37.3 Å². The number of hydrogen-bond donors (Lipinski definition) is 1. The molecule has 0 aromatic heterocycles. The highest BCUT2D eigenvalue weighted by molar-refractivity contribution is 5.84. The van der Waals surface area contributed by atoms with Gasteiger partial charge in [-0.2, -0.15) is 39.5 Å². The van der Waals surface area contributed by atoms with Gasteiger partial charge in [-0.05, 0) is 0 Å². The summed E-state index contributed by atoms with van der Waals surface area (Å²) in [4.78, 5) is 11.3. The smallest absolute Gasteiger partial charge is 0.386 e. The number of rotatable bonds is 5. The van der Waals surface area contributed by atoms with E-state index in [0.717, 1.165) is 20.8 Å². The van der Waals surface area contributed by atoms with Crippen molar-refractivity contribution in [2.45, 2.75) is 57.2 Å². The van der Waals surface area contributed by atoms with Crippen molar-refractivity contribution in [1.29, 1.82) is 0 Å². The molecule has 0 saturated heterocycles. The van der Waals surface area contributed by atoms with E-state index in [4.69, 9.17) is 5.11 Å². The van der Waals surface area contributed by atoms with Crippen molar-refractivity contribution in [3.8, 4) is 0 Å². The molecule has 0 fully saturated rings. The maximum Gasteiger partial charge on any atom is 0.460 e. The predicted molar refractivity (Wildman–Crippen MR) is 56.0 cm³/mol. The monoisotopic (exact) mass is 348 g/mol. The van der Waals surface area contributed by atoms with Crippen LogP contribution in [0, 0.1) is 5.41 Å². The molecular weight excluding hydrogens is 335 g/mol. The highest BCUT2D eigenvalue weighted by Gasteiger charge is 2.83. The Morgan fingerprint density at radius 1 is 0.864 bits per heavy atom. The Labute approximate surface area is 119 Å². The fourth-order valence-corrected chi connectivity index (χ4v) is 1.21. The van der Waals surface area contributed by atoms with Gasteiger partial charge >= 0.3 is 23.9 Å². The summed E-state index contributed by atoms with van der Waals surface area (Å²) < 4.78 is 113. The molecule has 1 N–H and O–H groups in total. The van der Waals surface area contributed by atoms with Crippen molar-refractivity contribution in [3.63, 3.8) is 0 Å². The maximum atomic E-state index is 13.2. The largest absolute Gasteiger partial charge is 0.460 e. The molecule has 2 nitrogen and oxygen atoms in total. The minimum Gasteiger partial charge on any atom is -0.386 e. The zero-order chi connectivity index (χ0) is 18.4. The Kier molecular flexibility index (Phi) is 5.32. The first-order valence-corrected chi connectivity index (χ1v) is 5.71. The van der Waals surface area contributed by atoms with Crippen LogP contribution in [0.15, 0.2) is 0 Å². The van der Waals surface area contributed by atoms with Gasteiger partial charge in [0.25, 0.3) is 0 Å². The summed E-state index contributed by atoms with van der Waals surface area (Å²) in [6.45, 7) is 3.47. The van der Waals surface area contributed by atoms with Gasteiger partial charge in [0.05, 0.1) is 0 Å². The Balaban J connectivity index is 5.58. The molecular formula is C11H13F9O2. The van der Waals surface area contributed by atoms with Crippen LogP contribution in [-0.2, 0) is 4.79 Å². The first-order valence-electron chi connectivity index (χ1n) is 5.71. The minimum absolute atomic E-state index is 1.16. The van der Waals surface area contributed by atoms with Gasteiger partial charge in [0, 0.05) is 11.8 Å². The molecule has 0 unspecified atom stereocenters. The Morgan fingerprint density at radius 3 is 1.50 bits per heavy atom. The van der Waals surface area contributed by atoms with Crippen LogP contribution in [0.3, 0.4) is 0 Å². The highest BCUT2D eigenvalue weighted by Crippen LogP contribution is 2.54. The van der Waals surface area contributed by atoms with Crippen LogP contribution < -0.4 is 0 Å². The van der Waals surface area contributed by atoms with Gasteiger partial charge in [-0.3, -0.25) is 4.79 Å². The third kappa shape index (κ3) is 3.49. The lowest BCUT2D eigenvalue weighted by Crippen LogP contribution is -2.64. The quantitative estimate of drug-likeness (QED) is 0.767. The molecule has 0 aliphatic rings. The van der Waals surface area contributed by atoms with Crippen LogP contribution >= 0.6 is 0 Å². The number of carbonyl (C=O) groups excluding carboxylic acids is 1. The molecule has 0 spiro atoms. The van der Waals surface area contributed by atoms with Crippen molar-refractivity contribution < 1.29 is 49.4 Å². The van der Waals surface area contributed by atoms with Gasteiger partial charge in [0.2, 0.25) is 0 Å². The molecule has 0 rings (SSSR count). The summed E-state index contributed by atoms with van der Waals surface area (Å²) in [5.74, 6) is -21.4. The molecule has 0 aliphatic heterocycles. The summed E-state index contributed by atoms with van der Waals surface area (Å²) in [6, 6.07) is 0. The van der Waals surface area contributed by atoms with Crippen molar-refractivity contribution >= 4 is 5.78 Å². The molecule has 1 atom stereocenters. The van der Waals surface area contributed by atoms with Crippen molar-refractivity contribution in [1.82, 2.24) is 0 Å². The number of hydrogen-bond acceptors (Lipinski definition) is 2. The number of Topliss-reactive ketones (excluding diaryl/α,β-unsaturated/α-hetero) is 1. The molecule has 0 aliphatic carbocycles. The van der Waals surface area contributed by atoms with E-state index in [1.165, 1.54) is 0 Å². The molecule has 0 radical (unpaired) electrons. The van der Waals surface area contributed by atoms with Crippen LogP contribution in [0.4, 0.5) is 39.5 Å². The van der Waals surface area contributed by atoms with Gasteiger partial charge < -0.3 is 5.11 Å². The predicted octanol–water partition coefficient (Wildman–Crippen LogP) is 3.82. The summed E-state index contributed by atoms with van der Waals surface area (Å²) in [6.07, 6.45) is -12.4. The average molecular weight is 348 g/mol. The van der Waals surface area contributed by atoms with E-state index in [-0.39, 0.29) is 0 Å². The van der Waals surface area contributed by atoms with Crippen LogP contribution in [-0.4, -0.2) is 40.9 Å². The average Bonchev–Trinajstić information content (AvgIpc) is 2.25. The van der Waals surface area contributed by atoms with E-state index in [1.807, 2.05) is 0 Å². The van der Waals surface area contributed by atoms with Gasteiger partial charge in [0.15, 0.2) is 0 Å². The van der Waals surface area contributed by atoms with Crippen LogP contribution in [0.5, 0.6) is 0 Å². The molecule has 0 heterocycles. The molecule has 0 saturated carbocycles. The highest BCUT2D eigenvalue weighted by atomic mass is 19.4. The minimum atomic E-state index is -7.09. The summed E-state index contributed by atoms with van der Waals surface area (Å²) in [7, 11) is 0. The van der Waals surface area contributed by atoms with Crippen molar-refractivity contribution in [2.75, 3.05) is 0 Å². The number of carbonyl (C=O) groups is 1. The fourth-order valence-electron chi connectivity index (χ4n) is 1.21. The summed E-state index contributed by atoms with van der Waals surface area (Å²) in [5, 5.41) is 8.92. The van der Waals surface area contributed by atoms with Crippen LogP contribution in [0.25, 0.3) is 0 Å². The lowest BCUT2D eigenvalue weighted by Gasteiger charge is -2.36. The van der Waals surface area contributed by atoms with E-state index in [9.17, 15) is 44.3 Å². The SMILES string of the molecule is CC(C)(C)C(=O)C[C@@H](O)C(F)(F)C(F)(F)C(F)(F)C(F)(F)F. The van der Waals surface area contributed by atoms with Crippen molar-refractivity contribution in [2.24, 2.45) is 5.41 Å². The third-order valence-electron chi connectivity index (χ3n) is 2.80. The first kappa shape index (κ1) is 21.0. The zero-order valence-corrected chi connectivity index (χ0v) is 11.5. The lowest BCUT2D eigenvalue weighted by molar-refractivity contribution is -0.405. The molecule has 11 heteroatoms. The second-order valence-corrected chi connectivity index (χ2v) is 5.66. The number of ketones is 1. The van der Waals surface area contributed by atoms with E-state index in [2.05, 4.69) is 0 Å². The number of aliphatic hydroxyl groups is 1. The molecule has 0 aromatic carbocycles. The number of alkyl halides is 9. The fraction of sp³-hybridized carbons (Fsp3) is 0.909. The van der Waals surface area contributed by atoms with Gasteiger partial charge in [-0.25, -0.2) is 0 Å². The van der Waals surface area contributed by atoms with Gasteiger partial charge in [-0.15, -0.1) is 0 Å². The lowest BCUT2D eigenvalue weighted by atomic mass is 9.85. The van der Waals surface area contributed by atoms with E-state index in [1.54, 1.807) is 0 Å². The Hall–Kier alpha value is -1.00. The van der Waals surface area contributed by atoms with Crippen LogP contribution in [0.2, 0.25) is 0 Å². The normalized spacial score (nSPS) is 16.6. The van der Waals surface area contributed by atoms with E-state index < -0.39 is 47.7 Å². The molecule has 0 bridgehead atoms. The Morgan fingerprint density at radius 2 is 1.23 bits per heavy atom. The third-order valence-corrected chi connectivity index (χ3v) is 2.80. The van der Waals surface area contributed by atoms with E-state index >= 15 is 0 Å². The molecule has 22 heavy (non-hydrogen) atoms. The summed E-state index contributed by atoms with van der Waals surface area (Å²) >= 11 is 0. The summed E-state index contributed by atoms with van der Waals surface area (Å²) in [5.41, 5.74) is -1.39. The van der Waals surface area contributed by atoms with E-state index in [0.29, 0.717) is 0 Å². The molecule has 0 aromatic rings. The van der Waals surface area contributed by atoms with Crippen LogP contribution in [0.1, 0.15) is 27.2 Å². The van der Waals surface area contributed by atoms with Gasteiger partial charge in [0.1, 0.15) is 11.9 Å². The molecule has 132 valence electrons. The van der Waals surface area contributed by atoms with Crippen molar-refractivity contribution in [3.05, 3.63) is 0 Å². The van der Waals surface area contributed by atoms with Gasteiger partial charge in [-0.1, -0.05) is 20.8 Å².